The Kier molecular flexibility index (Phi) is 10.4. The lowest BCUT2D eigenvalue weighted by atomic mass is 9.75. The van der Waals surface area contributed by atoms with Gasteiger partial charge in [0.25, 0.3) is 0 Å². The van der Waals surface area contributed by atoms with E-state index >= 15 is 0 Å². The molecule has 1 aliphatic carbocycles. The molecule has 1 aromatic rings. The topological polar surface area (TPSA) is 185 Å². The number of carboxylic acid groups (broad SMARTS) is 2. The van der Waals surface area contributed by atoms with Crippen LogP contribution in [-0.2, 0) is 30.4 Å². The van der Waals surface area contributed by atoms with Gasteiger partial charge in [0.05, 0.1) is 24.5 Å². The van der Waals surface area contributed by atoms with Gasteiger partial charge in [0, 0.05) is 25.2 Å². The van der Waals surface area contributed by atoms with E-state index < -0.39 is 60.0 Å². The van der Waals surface area contributed by atoms with Gasteiger partial charge in [0.15, 0.2) is 0 Å². The molecule has 1 fully saturated rings. The van der Waals surface area contributed by atoms with Crippen LogP contribution in [0.5, 0.6) is 0 Å². The minimum absolute atomic E-state index is 0.0453. The van der Waals surface area contributed by atoms with Crippen molar-refractivity contribution in [1.82, 2.24) is 10.2 Å². The van der Waals surface area contributed by atoms with E-state index in [1.807, 2.05) is 6.07 Å². The van der Waals surface area contributed by atoms with Gasteiger partial charge in [-0.2, -0.15) is 0 Å². The quantitative estimate of drug-likeness (QED) is 0.233. The number of aliphatic carboxylic acids is 2. The van der Waals surface area contributed by atoms with Crippen LogP contribution in [0.4, 0.5) is 5.69 Å². The summed E-state index contributed by atoms with van der Waals surface area (Å²) in [6.45, 7) is -1.33. The lowest BCUT2D eigenvalue weighted by Crippen LogP contribution is -2.53. The number of aliphatic hydroxyl groups is 2. The second-order valence-corrected chi connectivity index (χ2v) is 10.3. The van der Waals surface area contributed by atoms with Gasteiger partial charge in [0.2, 0.25) is 17.7 Å². The van der Waals surface area contributed by atoms with Gasteiger partial charge < -0.3 is 30.6 Å². The Morgan fingerprint density at radius 2 is 1.69 bits per heavy atom. The number of nitrogens with one attached hydrogen (secondary N) is 1. The molecular formula is C27H37N3O9. The van der Waals surface area contributed by atoms with Crippen molar-refractivity contribution in [1.29, 1.82) is 0 Å². The van der Waals surface area contributed by atoms with E-state index in [2.05, 4.69) is 5.32 Å². The summed E-state index contributed by atoms with van der Waals surface area (Å²) < 4.78 is 0. The van der Waals surface area contributed by atoms with Crippen molar-refractivity contribution in [2.24, 2.45) is 11.3 Å². The van der Waals surface area contributed by atoms with Crippen LogP contribution in [-0.4, -0.2) is 93.9 Å². The molecule has 1 aromatic carbocycles. The summed E-state index contributed by atoms with van der Waals surface area (Å²) in [4.78, 5) is 66.0. The van der Waals surface area contributed by atoms with Gasteiger partial charge >= 0.3 is 11.9 Å². The van der Waals surface area contributed by atoms with E-state index in [1.165, 1.54) is 4.90 Å². The number of para-hydroxylation sites is 1. The zero-order valence-electron chi connectivity index (χ0n) is 21.9. The molecule has 214 valence electrons. The number of anilines is 1. The largest absolute Gasteiger partial charge is 0.481 e. The Labute approximate surface area is 226 Å². The molecule has 1 aliphatic heterocycles. The molecule has 12 heteroatoms. The van der Waals surface area contributed by atoms with Crippen molar-refractivity contribution >= 4 is 35.3 Å². The maximum absolute atomic E-state index is 13.7. The third kappa shape index (κ3) is 7.33. The number of carbonyl (C=O) groups is 5. The molecule has 3 rings (SSSR count). The van der Waals surface area contributed by atoms with Crippen LogP contribution in [0.2, 0.25) is 0 Å². The van der Waals surface area contributed by atoms with Gasteiger partial charge in [-0.1, -0.05) is 31.0 Å². The van der Waals surface area contributed by atoms with Crippen molar-refractivity contribution in [3.8, 4) is 0 Å². The second kappa shape index (κ2) is 13.5. The normalized spacial score (nSPS) is 19.1. The number of benzene rings is 1. The fourth-order valence-corrected chi connectivity index (χ4v) is 5.70. The Morgan fingerprint density at radius 3 is 2.28 bits per heavy atom. The number of aryl methyl sites for hydroxylation is 1. The second-order valence-electron chi connectivity index (χ2n) is 10.3. The monoisotopic (exact) mass is 547 g/mol. The van der Waals surface area contributed by atoms with E-state index in [0.717, 1.165) is 10.5 Å². The highest BCUT2D eigenvalue weighted by atomic mass is 16.4. The highest BCUT2D eigenvalue weighted by molar-refractivity contribution is 6.03. The zero-order valence-corrected chi connectivity index (χ0v) is 21.9. The van der Waals surface area contributed by atoms with Crippen molar-refractivity contribution < 1.29 is 44.4 Å². The summed E-state index contributed by atoms with van der Waals surface area (Å²) in [5.74, 6) is -5.16. The Morgan fingerprint density at radius 1 is 1.05 bits per heavy atom. The van der Waals surface area contributed by atoms with Crippen molar-refractivity contribution in [2.45, 2.75) is 57.4 Å². The van der Waals surface area contributed by atoms with E-state index in [4.69, 9.17) is 0 Å². The minimum Gasteiger partial charge on any atom is -0.481 e. The fourth-order valence-electron chi connectivity index (χ4n) is 5.70. The number of fused-ring (bicyclic) bond motifs is 1. The average molecular weight is 548 g/mol. The number of rotatable bonds is 13. The van der Waals surface area contributed by atoms with Gasteiger partial charge in [0.1, 0.15) is 12.6 Å². The molecule has 5 N–H and O–H groups in total. The molecule has 1 saturated carbocycles. The van der Waals surface area contributed by atoms with E-state index in [9.17, 15) is 44.4 Å². The Balaban J connectivity index is 1.80. The standard InChI is InChI=1S/C27H37N3O9/c31-13-11-29(12-14-32)22(33)15-19(25(37)38)16-27(9-3-4-10-27)26(39)28-20-8-7-18-5-1-2-6-21(18)30(24(20)36)17-23(34)35/h1-2,5-6,19-20,31-32H,3-4,7-17H2,(H,28,39)(H,34,35)(H,37,38). The van der Waals surface area contributed by atoms with Gasteiger partial charge in [-0.15, -0.1) is 0 Å². The van der Waals surface area contributed by atoms with E-state index in [1.54, 1.807) is 18.2 Å². The first-order valence-corrected chi connectivity index (χ1v) is 13.3. The summed E-state index contributed by atoms with van der Waals surface area (Å²) in [5, 5.41) is 40.6. The van der Waals surface area contributed by atoms with Crippen LogP contribution in [0.1, 0.15) is 50.5 Å². The Hall–Kier alpha value is -3.51. The first-order valence-electron chi connectivity index (χ1n) is 13.3. The maximum atomic E-state index is 13.7. The van der Waals surface area contributed by atoms with Gasteiger partial charge in [-0.05, 0) is 43.7 Å². The summed E-state index contributed by atoms with van der Waals surface area (Å²) in [7, 11) is 0. The smallest absolute Gasteiger partial charge is 0.323 e. The molecule has 2 atom stereocenters. The van der Waals surface area contributed by atoms with Crippen molar-refractivity contribution in [3.05, 3.63) is 29.8 Å². The highest BCUT2D eigenvalue weighted by Crippen LogP contribution is 2.44. The lowest BCUT2D eigenvalue weighted by molar-refractivity contribution is -0.149. The molecule has 0 spiro atoms. The average Bonchev–Trinajstić information content (AvgIpc) is 3.34. The molecule has 2 aliphatic rings. The van der Waals surface area contributed by atoms with Crippen LogP contribution in [0.3, 0.4) is 0 Å². The predicted octanol–water partition coefficient (Wildman–Crippen LogP) is 0.390. The van der Waals surface area contributed by atoms with Gasteiger partial charge in [-0.3, -0.25) is 28.9 Å². The van der Waals surface area contributed by atoms with Crippen molar-refractivity contribution in [2.75, 3.05) is 37.7 Å². The molecule has 0 bridgehead atoms. The highest BCUT2D eigenvalue weighted by Gasteiger charge is 2.46. The zero-order chi connectivity index (χ0) is 28.6. The summed E-state index contributed by atoms with van der Waals surface area (Å²) in [6.07, 6.45) is 2.36. The molecule has 3 amide bonds. The maximum Gasteiger partial charge on any atom is 0.323 e. The SMILES string of the molecule is O=C(O)CN1C(=O)C(NC(=O)C2(CC(CC(=O)N(CCO)CCO)C(=O)O)CCCC2)CCc2ccccc21. The van der Waals surface area contributed by atoms with Gasteiger partial charge in [-0.25, -0.2) is 0 Å². The third-order valence-corrected chi connectivity index (χ3v) is 7.69. The summed E-state index contributed by atoms with van der Waals surface area (Å²) >= 11 is 0. The molecule has 2 unspecified atom stereocenters. The number of nitrogens with zero attached hydrogens (tertiary/aromatic N) is 2. The fraction of sp³-hybridized carbons (Fsp3) is 0.593. The minimum atomic E-state index is -1.23. The molecule has 0 saturated heterocycles. The number of carbonyl (C=O) groups excluding carboxylic acids is 3. The lowest BCUT2D eigenvalue weighted by Gasteiger charge is -2.33. The molecule has 1 heterocycles. The molecule has 12 nitrogen and oxygen atoms in total. The molecule has 0 aromatic heterocycles. The third-order valence-electron chi connectivity index (χ3n) is 7.69. The van der Waals surface area contributed by atoms with Crippen LogP contribution in [0.25, 0.3) is 0 Å². The van der Waals surface area contributed by atoms with Crippen LogP contribution in [0.15, 0.2) is 24.3 Å². The number of aliphatic hydroxyl groups excluding tert-OH is 2. The number of carboxylic acids is 2. The first-order chi connectivity index (χ1) is 18.6. The first kappa shape index (κ1) is 30.0. The van der Waals surface area contributed by atoms with E-state index in [-0.39, 0.29) is 39.1 Å². The van der Waals surface area contributed by atoms with Crippen molar-refractivity contribution in [3.63, 3.8) is 0 Å². The number of hydrogen-bond acceptors (Lipinski definition) is 7. The molecule has 39 heavy (non-hydrogen) atoms. The van der Waals surface area contributed by atoms with Crippen LogP contribution >= 0.6 is 0 Å². The van der Waals surface area contributed by atoms with E-state index in [0.29, 0.717) is 37.8 Å². The molecular weight excluding hydrogens is 510 g/mol. The molecule has 0 radical (unpaired) electrons. The predicted molar refractivity (Wildman–Crippen MR) is 139 cm³/mol. The number of amides is 3. The van der Waals surface area contributed by atoms with Crippen LogP contribution in [0, 0.1) is 11.3 Å². The summed E-state index contributed by atoms with van der Waals surface area (Å²) in [5.41, 5.74) is 0.176. The summed E-state index contributed by atoms with van der Waals surface area (Å²) in [6, 6.07) is 6.00. The Bertz CT molecular complexity index is 1060. The van der Waals surface area contributed by atoms with Crippen LogP contribution < -0.4 is 10.2 Å². The number of hydrogen-bond donors (Lipinski definition) is 5.